The zero-order chi connectivity index (χ0) is 14.2. The first-order chi connectivity index (χ1) is 8.79. The van der Waals surface area contributed by atoms with Gasteiger partial charge in [0.15, 0.2) is 0 Å². The molecule has 5 nitrogen and oxygen atoms in total. The summed E-state index contributed by atoms with van der Waals surface area (Å²) in [6.45, 7) is 1.81. The maximum Gasteiger partial charge on any atom is 0.271 e. The molecule has 0 bridgehead atoms. The number of phenolic OH excluding ortho intramolecular Hbond substituents is 1. The topological polar surface area (TPSA) is 92.4 Å². The maximum absolute atomic E-state index is 12.2. The van der Waals surface area contributed by atoms with E-state index in [1.807, 2.05) is 6.92 Å². The summed E-state index contributed by atoms with van der Waals surface area (Å²) in [5.74, 6) is -0.0184. The second-order valence-corrected chi connectivity index (χ2v) is 8.18. The minimum Gasteiger partial charge on any atom is -0.508 e. The minimum absolute atomic E-state index is 0.0184. The highest BCUT2D eigenvalue weighted by molar-refractivity contribution is 9.11. The molecule has 0 saturated carbocycles. The molecule has 2 aromatic rings. The van der Waals surface area contributed by atoms with Crippen LogP contribution in [0.3, 0.4) is 0 Å². The largest absolute Gasteiger partial charge is 0.508 e. The molecular weight excluding hydrogens is 352 g/mol. The van der Waals surface area contributed by atoms with Gasteiger partial charge in [-0.25, -0.2) is 8.42 Å². The fourth-order valence-corrected chi connectivity index (χ4v) is 4.72. The number of nitrogen functional groups attached to an aromatic ring is 1. The molecule has 1 aromatic carbocycles. The van der Waals surface area contributed by atoms with Crippen molar-refractivity contribution >= 4 is 48.7 Å². The van der Waals surface area contributed by atoms with Crippen LogP contribution in [0.15, 0.2) is 32.3 Å². The van der Waals surface area contributed by atoms with E-state index in [0.717, 1.165) is 20.7 Å². The first kappa shape index (κ1) is 14.2. The van der Waals surface area contributed by atoms with Crippen LogP contribution in [0, 0.1) is 6.92 Å². The predicted octanol–water partition coefficient (Wildman–Crippen LogP) is 2.91. The number of aryl methyl sites for hydroxylation is 1. The van der Waals surface area contributed by atoms with E-state index in [1.54, 1.807) is 6.07 Å². The van der Waals surface area contributed by atoms with Crippen LogP contribution in [-0.4, -0.2) is 13.5 Å². The third-order valence-electron chi connectivity index (χ3n) is 2.38. The molecule has 0 amide bonds. The van der Waals surface area contributed by atoms with Crippen molar-refractivity contribution in [2.75, 3.05) is 10.5 Å². The Morgan fingerprint density at radius 1 is 1.37 bits per heavy atom. The Hall–Kier alpha value is -1.25. The van der Waals surface area contributed by atoms with Crippen molar-refractivity contribution in [3.8, 4) is 5.75 Å². The molecule has 0 aliphatic heterocycles. The molecule has 0 aliphatic carbocycles. The summed E-state index contributed by atoms with van der Waals surface area (Å²) in [6.07, 6.45) is 0. The first-order valence-electron chi connectivity index (χ1n) is 5.17. The van der Waals surface area contributed by atoms with Gasteiger partial charge < -0.3 is 10.8 Å². The maximum atomic E-state index is 12.2. The Morgan fingerprint density at radius 3 is 2.58 bits per heavy atom. The lowest BCUT2D eigenvalue weighted by molar-refractivity contribution is 0.475. The summed E-state index contributed by atoms with van der Waals surface area (Å²) < 4.78 is 27.7. The number of nitrogens with one attached hydrogen (secondary N) is 1. The Kier molecular flexibility index (Phi) is 3.75. The number of aromatic hydroxyl groups is 1. The Bertz CT molecular complexity index is 706. The Labute approximate surface area is 123 Å². The van der Waals surface area contributed by atoms with Crippen molar-refractivity contribution in [2.45, 2.75) is 11.1 Å². The molecule has 0 atom stereocenters. The quantitative estimate of drug-likeness (QED) is 0.578. The van der Waals surface area contributed by atoms with Gasteiger partial charge >= 0.3 is 0 Å². The van der Waals surface area contributed by atoms with Gasteiger partial charge in [0, 0.05) is 6.07 Å². The van der Waals surface area contributed by atoms with E-state index in [-0.39, 0.29) is 21.3 Å². The summed E-state index contributed by atoms with van der Waals surface area (Å²) in [5.41, 5.74) is 6.90. The first-order valence-corrected chi connectivity index (χ1v) is 8.26. The van der Waals surface area contributed by atoms with Crippen molar-refractivity contribution in [3.05, 3.63) is 33.6 Å². The number of hydrogen-bond acceptors (Lipinski definition) is 5. The van der Waals surface area contributed by atoms with Crippen LogP contribution in [0.5, 0.6) is 5.75 Å². The number of sulfonamides is 1. The lowest BCUT2D eigenvalue weighted by Gasteiger charge is -2.09. The summed E-state index contributed by atoms with van der Waals surface area (Å²) >= 11 is 4.41. The van der Waals surface area contributed by atoms with E-state index in [4.69, 9.17) is 5.73 Å². The van der Waals surface area contributed by atoms with E-state index < -0.39 is 10.0 Å². The minimum atomic E-state index is -3.67. The second-order valence-electron chi connectivity index (χ2n) is 3.90. The monoisotopic (exact) mass is 362 g/mol. The van der Waals surface area contributed by atoms with Crippen molar-refractivity contribution in [1.29, 1.82) is 0 Å². The predicted molar refractivity (Wildman–Crippen MR) is 80.1 cm³/mol. The van der Waals surface area contributed by atoms with Gasteiger partial charge in [-0.1, -0.05) is 0 Å². The van der Waals surface area contributed by atoms with Crippen molar-refractivity contribution < 1.29 is 13.5 Å². The lowest BCUT2D eigenvalue weighted by atomic mass is 10.2. The molecule has 19 heavy (non-hydrogen) atoms. The molecule has 8 heteroatoms. The average molecular weight is 363 g/mol. The number of halogens is 1. The number of rotatable bonds is 3. The van der Waals surface area contributed by atoms with E-state index in [2.05, 4.69) is 20.7 Å². The Balaban J connectivity index is 2.36. The molecule has 102 valence electrons. The van der Waals surface area contributed by atoms with Gasteiger partial charge in [-0.15, -0.1) is 11.3 Å². The Morgan fingerprint density at radius 2 is 2.05 bits per heavy atom. The molecular formula is C11H11BrN2O3S2. The number of benzene rings is 1. The highest BCUT2D eigenvalue weighted by Crippen LogP contribution is 2.32. The third kappa shape index (κ3) is 3.02. The molecule has 1 aromatic heterocycles. The standard InChI is InChI=1S/C11H11BrN2O3S2/c1-6-4-10(18-11(6)12)19(16,17)14-9-3-2-7(15)5-8(9)13/h2-5,14-15H,13H2,1H3. The number of anilines is 2. The van der Waals surface area contributed by atoms with Crippen LogP contribution in [-0.2, 0) is 10.0 Å². The molecule has 0 saturated heterocycles. The van der Waals surface area contributed by atoms with Gasteiger partial charge in [0.2, 0.25) is 0 Å². The van der Waals surface area contributed by atoms with E-state index in [9.17, 15) is 13.5 Å². The summed E-state index contributed by atoms with van der Waals surface area (Å²) in [4.78, 5) is 0. The van der Waals surface area contributed by atoms with Crippen LogP contribution in [0.4, 0.5) is 11.4 Å². The normalized spacial score (nSPS) is 11.5. The van der Waals surface area contributed by atoms with Crippen LogP contribution in [0.2, 0.25) is 0 Å². The van der Waals surface area contributed by atoms with Crippen LogP contribution in [0.25, 0.3) is 0 Å². The lowest BCUT2D eigenvalue weighted by Crippen LogP contribution is -2.12. The van der Waals surface area contributed by atoms with Gasteiger partial charge in [-0.3, -0.25) is 4.72 Å². The van der Waals surface area contributed by atoms with Crippen LogP contribution >= 0.6 is 27.3 Å². The summed E-state index contributed by atoms with van der Waals surface area (Å²) in [7, 11) is -3.67. The fourth-order valence-electron chi connectivity index (χ4n) is 1.40. The zero-order valence-corrected chi connectivity index (χ0v) is 13.1. The van der Waals surface area contributed by atoms with Crippen LogP contribution < -0.4 is 10.5 Å². The van der Waals surface area contributed by atoms with Crippen molar-refractivity contribution in [2.24, 2.45) is 0 Å². The van der Waals surface area contributed by atoms with Gasteiger partial charge in [0.05, 0.1) is 15.2 Å². The SMILES string of the molecule is Cc1cc(S(=O)(=O)Nc2ccc(O)cc2N)sc1Br. The smallest absolute Gasteiger partial charge is 0.271 e. The zero-order valence-electron chi connectivity index (χ0n) is 9.84. The van der Waals surface area contributed by atoms with E-state index in [1.165, 1.54) is 18.2 Å². The van der Waals surface area contributed by atoms with Gasteiger partial charge in [0.1, 0.15) is 9.96 Å². The molecule has 4 N–H and O–H groups in total. The molecule has 0 radical (unpaired) electrons. The van der Waals surface area contributed by atoms with E-state index >= 15 is 0 Å². The van der Waals surface area contributed by atoms with Gasteiger partial charge in [0.25, 0.3) is 10.0 Å². The highest BCUT2D eigenvalue weighted by Gasteiger charge is 2.19. The molecule has 0 unspecified atom stereocenters. The number of hydrogen-bond donors (Lipinski definition) is 3. The molecule has 0 aliphatic rings. The number of thiophene rings is 1. The van der Waals surface area contributed by atoms with Crippen molar-refractivity contribution in [3.63, 3.8) is 0 Å². The molecule has 1 heterocycles. The number of nitrogens with two attached hydrogens (primary N) is 1. The third-order valence-corrected chi connectivity index (χ3v) is 6.35. The molecule has 2 rings (SSSR count). The highest BCUT2D eigenvalue weighted by atomic mass is 79.9. The molecule has 0 fully saturated rings. The van der Waals surface area contributed by atoms with Crippen molar-refractivity contribution in [1.82, 2.24) is 0 Å². The van der Waals surface area contributed by atoms with Gasteiger partial charge in [-0.2, -0.15) is 0 Å². The summed E-state index contributed by atoms with van der Waals surface area (Å²) in [6, 6.07) is 5.64. The van der Waals surface area contributed by atoms with Crippen LogP contribution in [0.1, 0.15) is 5.56 Å². The second kappa shape index (κ2) is 5.03. The molecule has 0 spiro atoms. The fraction of sp³-hybridized carbons (Fsp3) is 0.0909. The number of phenols is 1. The van der Waals surface area contributed by atoms with E-state index in [0.29, 0.717) is 0 Å². The van der Waals surface area contributed by atoms with Gasteiger partial charge in [-0.05, 0) is 46.6 Å². The summed E-state index contributed by atoms with van der Waals surface area (Å²) in [5, 5.41) is 9.23. The average Bonchev–Trinajstić information content (AvgIpc) is 2.64.